The van der Waals surface area contributed by atoms with Gasteiger partial charge >= 0.3 is 0 Å². The van der Waals surface area contributed by atoms with Gasteiger partial charge in [0.2, 0.25) is 0 Å². The second-order valence-electron chi connectivity index (χ2n) is 6.86. The number of carbonyl (C=O) groups is 1. The first kappa shape index (κ1) is 16.2. The maximum absolute atomic E-state index is 12.5. The molecule has 1 N–H and O–H groups in total. The molecule has 0 aromatic carbocycles. The normalized spacial score (nSPS) is 22.3. The Kier molecular flexibility index (Phi) is 5.13. The molecule has 1 unspecified atom stereocenters. The molecule has 1 aromatic rings. The number of hydrogen-bond acceptors (Lipinski definition) is 4. The Bertz CT molecular complexity index is 554. The summed E-state index contributed by atoms with van der Waals surface area (Å²) in [5, 5.41) is 3.13. The molecule has 5 nitrogen and oxygen atoms in total. The van der Waals surface area contributed by atoms with Crippen molar-refractivity contribution in [3.8, 4) is 0 Å². The van der Waals surface area contributed by atoms with Crippen molar-refractivity contribution < 1.29 is 4.79 Å². The van der Waals surface area contributed by atoms with E-state index in [-0.39, 0.29) is 5.91 Å². The van der Waals surface area contributed by atoms with Crippen molar-refractivity contribution >= 4 is 11.7 Å². The zero-order valence-electron chi connectivity index (χ0n) is 14.3. The van der Waals surface area contributed by atoms with Gasteiger partial charge in [0.1, 0.15) is 17.3 Å². The average molecular weight is 316 g/mol. The van der Waals surface area contributed by atoms with E-state index in [2.05, 4.69) is 27.1 Å². The van der Waals surface area contributed by atoms with Gasteiger partial charge in [0.25, 0.3) is 5.91 Å². The van der Waals surface area contributed by atoms with Crippen LogP contribution >= 0.6 is 0 Å². The molecule has 1 aliphatic carbocycles. The predicted octanol–water partition coefficient (Wildman–Crippen LogP) is 3.23. The molecule has 0 spiro atoms. The number of nitrogens with one attached hydrogen (secondary N) is 1. The maximum atomic E-state index is 12.5. The van der Waals surface area contributed by atoms with E-state index in [4.69, 9.17) is 0 Å². The summed E-state index contributed by atoms with van der Waals surface area (Å²) in [6.45, 7) is 5.13. The van der Waals surface area contributed by atoms with E-state index in [1.165, 1.54) is 32.1 Å². The van der Waals surface area contributed by atoms with E-state index >= 15 is 0 Å². The summed E-state index contributed by atoms with van der Waals surface area (Å²) in [4.78, 5) is 23.9. The molecule has 1 atom stereocenters. The molecule has 2 aliphatic rings. The Morgan fingerprint density at radius 1 is 1.22 bits per heavy atom. The van der Waals surface area contributed by atoms with Crippen molar-refractivity contribution in [3.63, 3.8) is 0 Å². The molecule has 2 fully saturated rings. The molecule has 126 valence electrons. The largest absolute Gasteiger partial charge is 0.354 e. The van der Waals surface area contributed by atoms with Crippen LogP contribution in [0.15, 0.2) is 6.07 Å². The van der Waals surface area contributed by atoms with Crippen molar-refractivity contribution in [3.05, 3.63) is 17.6 Å². The fraction of sp³-hybridized carbons (Fsp3) is 0.722. The van der Waals surface area contributed by atoms with Gasteiger partial charge in [0, 0.05) is 24.7 Å². The lowest BCUT2D eigenvalue weighted by molar-refractivity contribution is 0.0932. The smallest absolute Gasteiger partial charge is 0.270 e. The van der Waals surface area contributed by atoms with E-state index in [0.717, 1.165) is 31.6 Å². The second-order valence-corrected chi connectivity index (χ2v) is 6.86. The second kappa shape index (κ2) is 7.28. The first-order valence-corrected chi connectivity index (χ1v) is 9.10. The lowest BCUT2D eigenvalue weighted by atomic mass is 10.00. The van der Waals surface area contributed by atoms with Gasteiger partial charge in [-0.25, -0.2) is 9.97 Å². The Balaban J connectivity index is 1.79. The van der Waals surface area contributed by atoms with Crippen molar-refractivity contribution in [1.29, 1.82) is 0 Å². The molecule has 0 radical (unpaired) electrons. The van der Waals surface area contributed by atoms with Gasteiger partial charge in [-0.2, -0.15) is 0 Å². The summed E-state index contributed by atoms with van der Waals surface area (Å²) in [5.74, 6) is 1.55. The van der Waals surface area contributed by atoms with Crippen LogP contribution in [0.3, 0.4) is 0 Å². The summed E-state index contributed by atoms with van der Waals surface area (Å²) < 4.78 is 0. The fourth-order valence-electron chi connectivity index (χ4n) is 3.87. The van der Waals surface area contributed by atoms with Gasteiger partial charge in [-0.15, -0.1) is 0 Å². The lowest BCUT2D eigenvalue weighted by Crippen LogP contribution is -2.40. The Labute approximate surface area is 138 Å². The van der Waals surface area contributed by atoms with E-state index < -0.39 is 0 Å². The fourth-order valence-corrected chi connectivity index (χ4v) is 3.87. The summed E-state index contributed by atoms with van der Waals surface area (Å²) >= 11 is 0. The van der Waals surface area contributed by atoms with Crippen LogP contribution in [-0.4, -0.2) is 34.5 Å². The topological polar surface area (TPSA) is 58.1 Å². The highest BCUT2D eigenvalue weighted by atomic mass is 16.1. The van der Waals surface area contributed by atoms with E-state index in [1.807, 2.05) is 13.0 Å². The molecule has 1 aromatic heterocycles. The highest BCUT2D eigenvalue weighted by Crippen LogP contribution is 2.25. The highest BCUT2D eigenvalue weighted by Gasteiger charge is 2.24. The number of nitrogens with zero attached hydrogens (tertiary/aromatic N) is 3. The van der Waals surface area contributed by atoms with Crippen LogP contribution in [0.5, 0.6) is 0 Å². The summed E-state index contributed by atoms with van der Waals surface area (Å²) in [6.07, 6.45) is 9.42. The quantitative estimate of drug-likeness (QED) is 0.926. The monoisotopic (exact) mass is 316 g/mol. The van der Waals surface area contributed by atoms with Gasteiger partial charge in [-0.3, -0.25) is 4.79 Å². The van der Waals surface area contributed by atoms with Gasteiger partial charge in [-0.05, 0) is 45.4 Å². The van der Waals surface area contributed by atoms with Crippen molar-refractivity contribution in [1.82, 2.24) is 15.3 Å². The predicted molar refractivity (Wildman–Crippen MR) is 91.8 cm³/mol. The average Bonchev–Trinajstić information content (AvgIpc) is 3.07. The van der Waals surface area contributed by atoms with Crippen LogP contribution in [0.1, 0.15) is 74.6 Å². The molecule has 1 saturated heterocycles. The molecule has 23 heavy (non-hydrogen) atoms. The van der Waals surface area contributed by atoms with Gasteiger partial charge < -0.3 is 10.2 Å². The van der Waals surface area contributed by atoms with Crippen molar-refractivity contribution in [2.45, 2.75) is 77.3 Å². The molecule has 3 rings (SSSR count). The first-order chi connectivity index (χ1) is 11.2. The number of hydrogen-bond donors (Lipinski definition) is 1. The van der Waals surface area contributed by atoms with Crippen LogP contribution in [0.4, 0.5) is 5.82 Å². The van der Waals surface area contributed by atoms with E-state index in [9.17, 15) is 4.79 Å². The Morgan fingerprint density at radius 3 is 2.70 bits per heavy atom. The molecule has 5 heteroatoms. The molecule has 1 saturated carbocycles. The number of anilines is 1. The SMILES string of the molecule is CCC1CCCCN1c1cc(C(=O)NC2CCCC2)nc(C)n1. The standard InChI is InChI=1S/C18H28N4O/c1-3-15-10-6-7-11-22(15)17-12-16(19-13(2)20-17)18(23)21-14-8-4-5-9-14/h12,14-15H,3-11H2,1-2H3,(H,21,23). The Morgan fingerprint density at radius 2 is 1.96 bits per heavy atom. The third-order valence-corrected chi connectivity index (χ3v) is 5.14. The summed E-state index contributed by atoms with van der Waals surface area (Å²) in [7, 11) is 0. The van der Waals surface area contributed by atoms with Crippen LogP contribution < -0.4 is 10.2 Å². The molecule has 2 heterocycles. The molecule has 0 bridgehead atoms. The minimum absolute atomic E-state index is 0.0475. The summed E-state index contributed by atoms with van der Waals surface area (Å²) in [5.41, 5.74) is 0.514. The van der Waals surface area contributed by atoms with Crippen molar-refractivity contribution in [2.24, 2.45) is 0 Å². The van der Waals surface area contributed by atoms with Crippen LogP contribution in [0.25, 0.3) is 0 Å². The number of rotatable bonds is 4. The van der Waals surface area contributed by atoms with Gasteiger partial charge in [0.05, 0.1) is 0 Å². The van der Waals surface area contributed by atoms with Crippen LogP contribution in [-0.2, 0) is 0 Å². The summed E-state index contributed by atoms with van der Waals surface area (Å²) in [6, 6.07) is 2.73. The van der Waals surface area contributed by atoms with E-state index in [0.29, 0.717) is 23.6 Å². The highest BCUT2D eigenvalue weighted by molar-refractivity contribution is 5.93. The lowest BCUT2D eigenvalue weighted by Gasteiger charge is -2.36. The number of amides is 1. The van der Waals surface area contributed by atoms with Crippen LogP contribution in [0, 0.1) is 6.92 Å². The zero-order chi connectivity index (χ0) is 16.2. The molecular weight excluding hydrogens is 288 g/mol. The number of piperidine rings is 1. The van der Waals surface area contributed by atoms with Crippen molar-refractivity contribution in [2.75, 3.05) is 11.4 Å². The number of aromatic nitrogens is 2. The molecule has 1 aliphatic heterocycles. The zero-order valence-corrected chi connectivity index (χ0v) is 14.3. The Hall–Kier alpha value is -1.65. The third kappa shape index (κ3) is 3.82. The number of aryl methyl sites for hydroxylation is 1. The minimum atomic E-state index is -0.0475. The maximum Gasteiger partial charge on any atom is 0.270 e. The molecule has 1 amide bonds. The third-order valence-electron chi connectivity index (χ3n) is 5.14. The van der Waals surface area contributed by atoms with Gasteiger partial charge in [0.15, 0.2) is 0 Å². The van der Waals surface area contributed by atoms with Gasteiger partial charge in [-0.1, -0.05) is 19.8 Å². The number of carbonyl (C=O) groups excluding carboxylic acids is 1. The first-order valence-electron chi connectivity index (χ1n) is 9.10. The van der Waals surface area contributed by atoms with Crippen LogP contribution in [0.2, 0.25) is 0 Å². The minimum Gasteiger partial charge on any atom is -0.354 e. The molecular formula is C18H28N4O. The van der Waals surface area contributed by atoms with E-state index in [1.54, 1.807) is 0 Å².